The molecule has 0 spiro atoms. The second-order valence-electron chi connectivity index (χ2n) is 2.44. The summed E-state index contributed by atoms with van der Waals surface area (Å²) in [5, 5.41) is 0.470. The van der Waals surface area contributed by atoms with Crippen LogP contribution >= 0.6 is 11.6 Å². The molecule has 4 heteroatoms. The topological polar surface area (TPSA) is 52.3 Å². The largest absolute Gasteiger partial charge is 0.493 e. The Labute approximate surface area is 81.4 Å². The summed E-state index contributed by atoms with van der Waals surface area (Å²) in [6.07, 6.45) is 0. The van der Waals surface area contributed by atoms with Crippen LogP contribution in [-0.2, 0) is 0 Å². The van der Waals surface area contributed by atoms with Crippen LogP contribution in [0.25, 0.3) is 0 Å². The average molecular weight is 200 g/mol. The van der Waals surface area contributed by atoms with E-state index in [1.807, 2.05) is 6.92 Å². The third kappa shape index (κ3) is 2.36. The molecule has 1 amide bonds. The number of hydrogen-bond acceptors (Lipinski definition) is 2. The number of hydrogen-bond donors (Lipinski definition) is 1. The summed E-state index contributed by atoms with van der Waals surface area (Å²) < 4.78 is 5.19. The summed E-state index contributed by atoms with van der Waals surface area (Å²) >= 11 is 5.70. The number of ether oxygens (including phenoxy) is 1. The molecular formula is C9H10ClNO2. The molecule has 70 valence electrons. The van der Waals surface area contributed by atoms with Gasteiger partial charge in [0.15, 0.2) is 0 Å². The minimum absolute atomic E-state index is 0.314. The number of nitrogens with two attached hydrogens (primary N) is 1. The third-order valence-electron chi connectivity index (χ3n) is 1.51. The van der Waals surface area contributed by atoms with Gasteiger partial charge in [0.05, 0.1) is 12.2 Å². The minimum Gasteiger partial charge on any atom is -0.493 e. The van der Waals surface area contributed by atoms with Crippen molar-refractivity contribution in [2.45, 2.75) is 6.92 Å². The van der Waals surface area contributed by atoms with Gasteiger partial charge in [-0.2, -0.15) is 0 Å². The maximum absolute atomic E-state index is 10.9. The average Bonchev–Trinajstić information content (AvgIpc) is 2.08. The highest BCUT2D eigenvalue weighted by atomic mass is 35.5. The number of halogens is 1. The zero-order valence-corrected chi connectivity index (χ0v) is 7.97. The fraction of sp³-hybridized carbons (Fsp3) is 0.222. The maximum Gasteiger partial charge on any atom is 0.252 e. The summed E-state index contributed by atoms with van der Waals surface area (Å²) in [5.74, 6) is -0.0645. The van der Waals surface area contributed by atoms with Crippen LogP contribution in [0.5, 0.6) is 5.75 Å². The number of carbonyl (C=O) groups excluding carboxylic acids is 1. The Morgan fingerprint density at radius 3 is 2.85 bits per heavy atom. The molecule has 0 bridgehead atoms. The van der Waals surface area contributed by atoms with E-state index in [1.165, 1.54) is 6.07 Å². The first-order valence-corrected chi connectivity index (χ1v) is 4.25. The van der Waals surface area contributed by atoms with Crippen LogP contribution in [0, 0.1) is 0 Å². The van der Waals surface area contributed by atoms with Gasteiger partial charge in [-0.3, -0.25) is 4.79 Å². The summed E-state index contributed by atoms with van der Waals surface area (Å²) in [6, 6.07) is 4.78. The summed E-state index contributed by atoms with van der Waals surface area (Å²) in [5.41, 5.74) is 5.45. The quantitative estimate of drug-likeness (QED) is 0.808. The van der Waals surface area contributed by atoms with Gasteiger partial charge in [-0.05, 0) is 25.1 Å². The van der Waals surface area contributed by atoms with Crippen molar-refractivity contribution in [3.8, 4) is 5.75 Å². The zero-order valence-electron chi connectivity index (χ0n) is 7.21. The molecule has 1 rings (SSSR count). The Hall–Kier alpha value is -1.22. The molecule has 0 unspecified atom stereocenters. The second-order valence-corrected chi connectivity index (χ2v) is 2.87. The van der Waals surface area contributed by atoms with Crippen LogP contribution < -0.4 is 10.5 Å². The van der Waals surface area contributed by atoms with Gasteiger partial charge in [0, 0.05) is 5.02 Å². The Kier molecular flexibility index (Phi) is 3.14. The molecule has 0 heterocycles. The Morgan fingerprint density at radius 2 is 2.31 bits per heavy atom. The zero-order chi connectivity index (χ0) is 9.84. The van der Waals surface area contributed by atoms with Crippen molar-refractivity contribution >= 4 is 17.5 Å². The van der Waals surface area contributed by atoms with E-state index in [4.69, 9.17) is 22.1 Å². The highest BCUT2D eigenvalue weighted by Crippen LogP contribution is 2.22. The Balaban J connectivity index is 3.10. The highest BCUT2D eigenvalue weighted by Gasteiger charge is 2.08. The first kappa shape index (κ1) is 9.86. The molecule has 0 aliphatic heterocycles. The van der Waals surface area contributed by atoms with E-state index in [0.717, 1.165) is 0 Å². The third-order valence-corrected chi connectivity index (χ3v) is 1.74. The molecule has 2 N–H and O–H groups in total. The van der Waals surface area contributed by atoms with Gasteiger partial charge in [0.1, 0.15) is 5.75 Å². The van der Waals surface area contributed by atoms with Crippen molar-refractivity contribution in [1.29, 1.82) is 0 Å². The van der Waals surface area contributed by atoms with Crippen molar-refractivity contribution < 1.29 is 9.53 Å². The smallest absolute Gasteiger partial charge is 0.252 e. The first-order chi connectivity index (χ1) is 6.15. The summed E-state index contributed by atoms with van der Waals surface area (Å²) in [7, 11) is 0. The number of rotatable bonds is 3. The standard InChI is InChI=1S/C9H10ClNO2/c1-2-13-8-4-3-6(10)5-7(8)9(11)12/h3-5H,2H2,1H3,(H2,11,12). The fourth-order valence-electron chi connectivity index (χ4n) is 0.976. The second kappa shape index (κ2) is 4.14. The minimum atomic E-state index is -0.536. The van der Waals surface area contributed by atoms with E-state index in [1.54, 1.807) is 12.1 Å². The summed E-state index contributed by atoms with van der Waals surface area (Å²) in [6.45, 7) is 2.32. The highest BCUT2D eigenvalue weighted by molar-refractivity contribution is 6.31. The predicted octanol–water partition coefficient (Wildman–Crippen LogP) is 1.84. The van der Waals surface area contributed by atoms with E-state index in [9.17, 15) is 4.79 Å². The molecule has 0 aliphatic rings. The maximum atomic E-state index is 10.9. The van der Waals surface area contributed by atoms with Gasteiger partial charge < -0.3 is 10.5 Å². The lowest BCUT2D eigenvalue weighted by Crippen LogP contribution is -2.13. The SMILES string of the molecule is CCOc1ccc(Cl)cc1C(N)=O. The molecule has 0 saturated heterocycles. The number of amides is 1. The van der Waals surface area contributed by atoms with Crippen LogP contribution in [0.3, 0.4) is 0 Å². The molecule has 1 aromatic rings. The normalized spacial score (nSPS) is 9.69. The molecule has 13 heavy (non-hydrogen) atoms. The number of benzene rings is 1. The van der Waals surface area contributed by atoms with E-state index in [2.05, 4.69) is 0 Å². The van der Waals surface area contributed by atoms with Gasteiger partial charge in [0.25, 0.3) is 5.91 Å². The predicted molar refractivity (Wildman–Crippen MR) is 51.1 cm³/mol. The van der Waals surface area contributed by atoms with Crippen LogP contribution in [0.15, 0.2) is 18.2 Å². The molecule has 0 atom stereocenters. The van der Waals surface area contributed by atoms with E-state index >= 15 is 0 Å². The van der Waals surface area contributed by atoms with E-state index in [-0.39, 0.29) is 0 Å². The van der Waals surface area contributed by atoms with Crippen molar-refractivity contribution in [2.75, 3.05) is 6.61 Å². The molecule has 0 fully saturated rings. The van der Waals surface area contributed by atoms with Crippen LogP contribution in [0.4, 0.5) is 0 Å². The van der Waals surface area contributed by atoms with Crippen LogP contribution in [0.1, 0.15) is 17.3 Å². The molecule has 3 nitrogen and oxygen atoms in total. The lowest BCUT2D eigenvalue weighted by Gasteiger charge is -2.07. The van der Waals surface area contributed by atoms with Crippen LogP contribution in [-0.4, -0.2) is 12.5 Å². The van der Waals surface area contributed by atoms with E-state index in [0.29, 0.717) is 22.9 Å². The fourth-order valence-corrected chi connectivity index (χ4v) is 1.15. The van der Waals surface area contributed by atoms with Crippen molar-refractivity contribution in [3.05, 3.63) is 28.8 Å². The summed E-state index contributed by atoms with van der Waals surface area (Å²) in [4.78, 5) is 10.9. The Morgan fingerprint density at radius 1 is 1.62 bits per heavy atom. The monoisotopic (exact) mass is 199 g/mol. The van der Waals surface area contributed by atoms with Crippen LogP contribution in [0.2, 0.25) is 5.02 Å². The van der Waals surface area contributed by atoms with Gasteiger partial charge in [-0.15, -0.1) is 0 Å². The van der Waals surface area contributed by atoms with Crippen molar-refractivity contribution in [1.82, 2.24) is 0 Å². The number of carbonyl (C=O) groups is 1. The lowest BCUT2D eigenvalue weighted by molar-refractivity contribution is 0.0996. The number of primary amides is 1. The molecule has 0 saturated carbocycles. The molecule has 1 aromatic carbocycles. The Bertz CT molecular complexity index is 325. The van der Waals surface area contributed by atoms with Crippen molar-refractivity contribution in [2.24, 2.45) is 5.73 Å². The van der Waals surface area contributed by atoms with E-state index < -0.39 is 5.91 Å². The molecular weight excluding hydrogens is 190 g/mol. The van der Waals surface area contributed by atoms with Gasteiger partial charge in [-0.25, -0.2) is 0 Å². The first-order valence-electron chi connectivity index (χ1n) is 3.87. The van der Waals surface area contributed by atoms with Gasteiger partial charge in [-0.1, -0.05) is 11.6 Å². The molecule has 0 aromatic heterocycles. The molecule has 0 radical (unpaired) electrons. The van der Waals surface area contributed by atoms with Gasteiger partial charge >= 0.3 is 0 Å². The van der Waals surface area contributed by atoms with Crippen molar-refractivity contribution in [3.63, 3.8) is 0 Å². The lowest BCUT2D eigenvalue weighted by atomic mass is 10.2. The molecule has 0 aliphatic carbocycles. The van der Waals surface area contributed by atoms with Gasteiger partial charge in [0.2, 0.25) is 0 Å².